The van der Waals surface area contributed by atoms with Crippen molar-refractivity contribution in [2.24, 2.45) is 5.73 Å². The standard InChI is InChI=1S/C10H18N4S/c1-8-5-12-2-3-14(8)6-9-7-15-10(4-11)13-9/h7-8,12H,2-6,11H2,1H3. The summed E-state index contributed by atoms with van der Waals surface area (Å²) in [7, 11) is 0. The van der Waals surface area contributed by atoms with Gasteiger partial charge in [-0.1, -0.05) is 0 Å². The number of nitrogens with two attached hydrogens (primary N) is 1. The van der Waals surface area contributed by atoms with Gasteiger partial charge in [0.05, 0.1) is 5.69 Å². The number of nitrogens with zero attached hydrogens (tertiary/aromatic N) is 2. The van der Waals surface area contributed by atoms with Gasteiger partial charge in [0.25, 0.3) is 0 Å². The van der Waals surface area contributed by atoms with Gasteiger partial charge in [0.2, 0.25) is 0 Å². The van der Waals surface area contributed by atoms with Gasteiger partial charge in [-0.05, 0) is 6.92 Å². The van der Waals surface area contributed by atoms with Crippen molar-refractivity contribution in [3.8, 4) is 0 Å². The fourth-order valence-corrected chi connectivity index (χ4v) is 2.51. The molecule has 1 aliphatic rings. The summed E-state index contributed by atoms with van der Waals surface area (Å²) < 4.78 is 0. The normalized spacial score (nSPS) is 23.2. The number of hydrogen-bond acceptors (Lipinski definition) is 5. The second-order valence-electron chi connectivity index (χ2n) is 3.96. The van der Waals surface area contributed by atoms with E-state index in [-0.39, 0.29) is 0 Å². The number of aromatic nitrogens is 1. The first-order valence-corrected chi connectivity index (χ1v) is 6.25. The second kappa shape index (κ2) is 5.03. The second-order valence-corrected chi connectivity index (χ2v) is 4.90. The number of nitrogens with one attached hydrogen (secondary N) is 1. The van der Waals surface area contributed by atoms with Crippen molar-refractivity contribution in [1.82, 2.24) is 15.2 Å². The maximum atomic E-state index is 5.55. The van der Waals surface area contributed by atoms with Crippen LogP contribution in [0.25, 0.3) is 0 Å². The lowest BCUT2D eigenvalue weighted by Gasteiger charge is -2.33. The Morgan fingerprint density at radius 3 is 3.27 bits per heavy atom. The largest absolute Gasteiger partial charge is 0.325 e. The van der Waals surface area contributed by atoms with Gasteiger partial charge in [-0.25, -0.2) is 4.98 Å². The predicted molar refractivity (Wildman–Crippen MR) is 62.7 cm³/mol. The first-order valence-electron chi connectivity index (χ1n) is 5.37. The van der Waals surface area contributed by atoms with E-state index < -0.39 is 0 Å². The van der Waals surface area contributed by atoms with Crippen molar-refractivity contribution < 1.29 is 0 Å². The number of thiazole rings is 1. The van der Waals surface area contributed by atoms with Gasteiger partial charge in [0.1, 0.15) is 5.01 Å². The van der Waals surface area contributed by atoms with Crippen LogP contribution in [0.15, 0.2) is 5.38 Å². The maximum absolute atomic E-state index is 5.55. The van der Waals surface area contributed by atoms with Crippen LogP contribution < -0.4 is 11.1 Å². The number of hydrogen-bond donors (Lipinski definition) is 2. The molecule has 84 valence electrons. The quantitative estimate of drug-likeness (QED) is 0.783. The first-order chi connectivity index (χ1) is 7.29. The fourth-order valence-electron chi connectivity index (χ4n) is 1.84. The van der Waals surface area contributed by atoms with Crippen molar-refractivity contribution in [2.75, 3.05) is 19.6 Å². The minimum Gasteiger partial charge on any atom is -0.325 e. The van der Waals surface area contributed by atoms with Crippen molar-refractivity contribution in [3.63, 3.8) is 0 Å². The van der Waals surface area contributed by atoms with Crippen LogP contribution in [-0.4, -0.2) is 35.6 Å². The third-order valence-electron chi connectivity index (χ3n) is 2.78. The molecule has 5 heteroatoms. The Kier molecular flexibility index (Phi) is 3.69. The predicted octanol–water partition coefficient (Wildman–Crippen LogP) is 0.395. The summed E-state index contributed by atoms with van der Waals surface area (Å²) in [6.07, 6.45) is 0. The van der Waals surface area contributed by atoms with E-state index in [1.165, 1.54) is 0 Å². The molecule has 4 nitrogen and oxygen atoms in total. The Hall–Kier alpha value is -0.490. The zero-order chi connectivity index (χ0) is 10.7. The molecule has 1 fully saturated rings. The first kappa shape index (κ1) is 11.0. The van der Waals surface area contributed by atoms with E-state index in [0.717, 1.165) is 36.9 Å². The molecular formula is C10H18N4S. The highest BCUT2D eigenvalue weighted by Gasteiger charge is 2.18. The SMILES string of the molecule is CC1CNCCN1Cc1csc(CN)n1. The fraction of sp³-hybridized carbons (Fsp3) is 0.700. The van der Waals surface area contributed by atoms with E-state index in [2.05, 4.69) is 27.5 Å². The summed E-state index contributed by atoms with van der Waals surface area (Å²) in [5.41, 5.74) is 6.71. The molecule has 1 aromatic heterocycles. The van der Waals surface area contributed by atoms with Gasteiger partial charge < -0.3 is 11.1 Å². The Morgan fingerprint density at radius 2 is 2.60 bits per heavy atom. The third-order valence-corrected chi connectivity index (χ3v) is 3.70. The molecule has 0 amide bonds. The molecule has 3 N–H and O–H groups in total. The summed E-state index contributed by atoms with van der Waals surface area (Å²) in [6.45, 7) is 7.03. The average Bonchev–Trinajstić information content (AvgIpc) is 2.69. The van der Waals surface area contributed by atoms with E-state index in [0.29, 0.717) is 12.6 Å². The van der Waals surface area contributed by atoms with Crippen LogP contribution in [0, 0.1) is 0 Å². The highest BCUT2D eigenvalue weighted by atomic mass is 32.1. The molecule has 0 bridgehead atoms. The van der Waals surface area contributed by atoms with E-state index in [4.69, 9.17) is 5.73 Å². The minimum atomic E-state index is 0.557. The molecule has 0 spiro atoms. The van der Waals surface area contributed by atoms with Crippen LogP contribution >= 0.6 is 11.3 Å². The monoisotopic (exact) mass is 226 g/mol. The average molecular weight is 226 g/mol. The molecule has 1 aliphatic heterocycles. The highest BCUT2D eigenvalue weighted by molar-refractivity contribution is 7.09. The molecule has 1 saturated heterocycles. The summed E-state index contributed by atoms with van der Waals surface area (Å²) in [5, 5.41) is 6.54. The topological polar surface area (TPSA) is 54.2 Å². The van der Waals surface area contributed by atoms with Crippen molar-refractivity contribution in [3.05, 3.63) is 16.1 Å². The van der Waals surface area contributed by atoms with Gasteiger partial charge in [-0.3, -0.25) is 4.90 Å². The molecular weight excluding hydrogens is 208 g/mol. The minimum absolute atomic E-state index is 0.557. The Morgan fingerprint density at radius 1 is 1.73 bits per heavy atom. The van der Waals surface area contributed by atoms with Crippen LogP contribution in [-0.2, 0) is 13.1 Å². The molecule has 2 rings (SSSR count). The number of piperazine rings is 1. The molecule has 0 radical (unpaired) electrons. The van der Waals surface area contributed by atoms with Gasteiger partial charge in [-0.15, -0.1) is 11.3 Å². The van der Waals surface area contributed by atoms with E-state index in [1.807, 2.05) is 0 Å². The van der Waals surface area contributed by atoms with E-state index >= 15 is 0 Å². The zero-order valence-corrected chi connectivity index (χ0v) is 9.89. The van der Waals surface area contributed by atoms with E-state index in [9.17, 15) is 0 Å². The van der Waals surface area contributed by atoms with Gasteiger partial charge >= 0.3 is 0 Å². The van der Waals surface area contributed by atoms with Gasteiger partial charge in [-0.2, -0.15) is 0 Å². The lowest BCUT2D eigenvalue weighted by Crippen LogP contribution is -2.49. The maximum Gasteiger partial charge on any atom is 0.106 e. The Bertz CT molecular complexity index is 312. The molecule has 1 aromatic rings. The molecule has 0 saturated carbocycles. The molecule has 1 atom stereocenters. The number of rotatable bonds is 3. The van der Waals surface area contributed by atoms with Crippen molar-refractivity contribution >= 4 is 11.3 Å². The smallest absolute Gasteiger partial charge is 0.106 e. The summed E-state index contributed by atoms with van der Waals surface area (Å²) in [6, 6.07) is 0.599. The third kappa shape index (κ3) is 2.75. The van der Waals surface area contributed by atoms with Crippen LogP contribution in [0.4, 0.5) is 0 Å². The van der Waals surface area contributed by atoms with E-state index in [1.54, 1.807) is 11.3 Å². The molecule has 0 aromatic carbocycles. The Balaban J connectivity index is 1.95. The molecule has 1 unspecified atom stereocenters. The summed E-state index contributed by atoms with van der Waals surface area (Å²) in [4.78, 5) is 6.95. The van der Waals surface area contributed by atoms with Crippen LogP contribution in [0.3, 0.4) is 0 Å². The molecule has 15 heavy (non-hydrogen) atoms. The van der Waals surface area contributed by atoms with Gasteiger partial charge in [0.15, 0.2) is 0 Å². The molecule has 0 aliphatic carbocycles. The van der Waals surface area contributed by atoms with Crippen molar-refractivity contribution in [2.45, 2.75) is 26.1 Å². The lowest BCUT2D eigenvalue weighted by molar-refractivity contribution is 0.164. The van der Waals surface area contributed by atoms with Crippen molar-refractivity contribution in [1.29, 1.82) is 0 Å². The highest BCUT2D eigenvalue weighted by Crippen LogP contribution is 2.13. The molecule has 2 heterocycles. The van der Waals surface area contributed by atoms with Crippen LogP contribution in [0.5, 0.6) is 0 Å². The van der Waals surface area contributed by atoms with Crippen LogP contribution in [0.1, 0.15) is 17.6 Å². The van der Waals surface area contributed by atoms with Gasteiger partial charge in [0, 0.05) is 44.1 Å². The Labute approximate surface area is 94.5 Å². The van der Waals surface area contributed by atoms with Crippen LogP contribution in [0.2, 0.25) is 0 Å². The lowest BCUT2D eigenvalue weighted by atomic mass is 10.2. The summed E-state index contributed by atoms with van der Waals surface area (Å²) >= 11 is 1.66. The zero-order valence-electron chi connectivity index (χ0n) is 9.07. The summed E-state index contributed by atoms with van der Waals surface area (Å²) in [5.74, 6) is 0.